The van der Waals surface area contributed by atoms with Gasteiger partial charge in [0.1, 0.15) is 11.6 Å². The van der Waals surface area contributed by atoms with Crippen LogP contribution in [0.2, 0.25) is 0 Å². The molecule has 1 N–H and O–H groups in total. The molecule has 1 aromatic carbocycles. The Kier molecular flexibility index (Phi) is 4.96. The van der Waals surface area contributed by atoms with E-state index >= 15 is 0 Å². The van der Waals surface area contributed by atoms with Gasteiger partial charge in [-0.15, -0.1) is 0 Å². The lowest BCUT2D eigenvalue weighted by Crippen LogP contribution is -2.44. The molecule has 1 aliphatic rings. The number of aromatic nitrogens is 1. The van der Waals surface area contributed by atoms with E-state index in [0.29, 0.717) is 17.1 Å². The van der Waals surface area contributed by atoms with Crippen LogP contribution in [0.25, 0.3) is 0 Å². The minimum absolute atomic E-state index is 0.200. The molecule has 126 valence electrons. The Hall–Kier alpha value is -2.60. The van der Waals surface area contributed by atoms with E-state index in [4.69, 9.17) is 4.74 Å². The summed E-state index contributed by atoms with van der Waals surface area (Å²) in [5.74, 6) is 0.996. The Labute approximate surface area is 142 Å². The van der Waals surface area contributed by atoms with Crippen molar-refractivity contribution >= 4 is 17.4 Å². The smallest absolute Gasteiger partial charge is 0.256 e. The normalized spacial score (nSPS) is 15.2. The van der Waals surface area contributed by atoms with Crippen molar-refractivity contribution in [3.8, 4) is 5.75 Å². The summed E-state index contributed by atoms with van der Waals surface area (Å²) in [4.78, 5) is 21.3. The van der Waals surface area contributed by atoms with Gasteiger partial charge in [-0.1, -0.05) is 6.07 Å². The number of nitrogens with one attached hydrogen (secondary N) is 1. The molecule has 1 amide bonds. The molecule has 0 spiro atoms. The SMILES string of the molecule is COc1cccc(C(=O)Nc2ccc(N3CCN(C)CC3)cn2)c1. The second-order valence-electron chi connectivity index (χ2n) is 5.88. The van der Waals surface area contributed by atoms with Gasteiger partial charge in [0.15, 0.2) is 0 Å². The van der Waals surface area contributed by atoms with Crippen LogP contribution in [-0.2, 0) is 0 Å². The number of rotatable bonds is 4. The number of ether oxygens (including phenoxy) is 1. The zero-order chi connectivity index (χ0) is 16.9. The molecule has 0 radical (unpaired) electrons. The summed E-state index contributed by atoms with van der Waals surface area (Å²) < 4.78 is 5.14. The second-order valence-corrected chi connectivity index (χ2v) is 5.88. The fourth-order valence-electron chi connectivity index (χ4n) is 2.66. The summed E-state index contributed by atoms with van der Waals surface area (Å²) in [5, 5.41) is 2.81. The average Bonchev–Trinajstić information content (AvgIpc) is 2.63. The molecule has 2 heterocycles. The topological polar surface area (TPSA) is 57.7 Å². The first-order chi connectivity index (χ1) is 11.7. The Morgan fingerprint density at radius 3 is 2.62 bits per heavy atom. The minimum Gasteiger partial charge on any atom is -0.497 e. The maximum absolute atomic E-state index is 12.3. The molecular weight excluding hydrogens is 304 g/mol. The molecule has 1 fully saturated rings. The van der Waals surface area contributed by atoms with Crippen LogP contribution in [0.4, 0.5) is 11.5 Å². The van der Waals surface area contributed by atoms with Crippen molar-refractivity contribution in [2.24, 2.45) is 0 Å². The maximum Gasteiger partial charge on any atom is 0.256 e. The van der Waals surface area contributed by atoms with Crippen LogP contribution in [-0.4, -0.2) is 56.1 Å². The predicted molar refractivity (Wildman–Crippen MR) is 94.9 cm³/mol. The molecule has 0 unspecified atom stereocenters. The Balaban J connectivity index is 1.64. The third-order valence-electron chi connectivity index (χ3n) is 4.19. The quantitative estimate of drug-likeness (QED) is 0.932. The Morgan fingerprint density at radius 2 is 1.96 bits per heavy atom. The number of methoxy groups -OCH3 is 1. The summed E-state index contributed by atoms with van der Waals surface area (Å²) in [6.45, 7) is 4.09. The summed E-state index contributed by atoms with van der Waals surface area (Å²) in [6.07, 6.45) is 1.81. The monoisotopic (exact) mass is 326 g/mol. The van der Waals surface area contributed by atoms with Gasteiger partial charge < -0.3 is 19.9 Å². The average molecular weight is 326 g/mol. The number of carbonyl (C=O) groups is 1. The van der Waals surface area contributed by atoms with Gasteiger partial charge in [-0.05, 0) is 37.4 Å². The largest absolute Gasteiger partial charge is 0.497 e. The van der Waals surface area contributed by atoms with Gasteiger partial charge in [0, 0.05) is 31.7 Å². The molecule has 24 heavy (non-hydrogen) atoms. The van der Waals surface area contributed by atoms with E-state index < -0.39 is 0 Å². The highest BCUT2D eigenvalue weighted by Gasteiger charge is 2.15. The van der Waals surface area contributed by atoms with E-state index in [0.717, 1.165) is 31.9 Å². The highest BCUT2D eigenvalue weighted by atomic mass is 16.5. The number of hydrogen-bond acceptors (Lipinski definition) is 5. The van der Waals surface area contributed by atoms with E-state index in [1.54, 1.807) is 31.4 Å². The van der Waals surface area contributed by atoms with Crippen LogP contribution < -0.4 is 15.0 Å². The van der Waals surface area contributed by atoms with Crippen molar-refractivity contribution in [2.45, 2.75) is 0 Å². The summed E-state index contributed by atoms with van der Waals surface area (Å²) in [5.41, 5.74) is 1.63. The summed E-state index contributed by atoms with van der Waals surface area (Å²) in [7, 11) is 3.71. The summed E-state index contributed by atoms with van der Waals surface area (Å²) in [6, 6.07) is 10.9. The first-order valence-corrected chi connectivity index (χ1v) is 8.00. The number of anilines is 2. The van der Waals surface area contributed by atoms with E-state index in [1.165, 1.54) is 0 Å². The van der Waals surface area contributed by atoms with E-state index in [9.17, 15) is 4.79 Å². The van der Waals surface area contributed by atoms with Crippen molar-refractivity contribution in [3.05, 3.63) is 48.2 Å². The lowest BCUT2D eigenvalue weighted by atomic mass is 10.2. The summed E-state index contributed by atoms with van der Waals surface area (Å²) >= 11 is 0. The molecule has 3 rings (SSSR count). The van der Waals surface area contributed by atoms with Gasteiger partial charge in [0.25, 0.3) is 5.91 Å². The van der Waals surface area contributed by atoms with Gasteiger partial charge in [-0.2, -0.15) is 0 Å². The molecule has 6 nitrogen and oxygen atoms in total. The van der Waals surface area contributed by atoms with Crippen molar-refractivity contribution in [1.82, 2.24) is 9.88 Å². The van der Waals surface area contributed by atoms with Crippen molar-refractivity contribution < 1.29 is 9.53 Å². The number of hydrogen-bond donors (Lipinski definition) is 1. The fourth-order valence-corrected chi connectivity index (χ4v) is 2.66. The number of piperazine rings is 1. The number of nitrogens with zero attached hydrogens (tertiary/aromatic N) is 3. The van der Waals surface area contributed by atoms with Crippen LogP contribution in [0.15, 0.2) is 42.6 Å². The van der Waals surface area contributed by atoms with Crippen molar-refractivity contribution in [2.75, 3.05) is 50.6 Å². The lowest BCUT2D eigenvalue weighted by Gasteiger charge is -2.33. The number of pyridine rings is 1. The number of likely N-dealkylation sites (N-methyl/N-ethyl adjacent to an activating group) is 1. The number of amides is 1. The number of carbonyl (C=O) groups excluding carboxylic acids is 1. The van der Waals surface area contributed by atoms with Crippen LogP contribution in [0.3, 0.4) is 0 Å². The van der Waals surface area contributed by atoms with Gasteiger partial charge in [-0.25, -0.2) is 4.98 Å². The molecule has 1 aliphatic heterocycles. The highest BCUT2D eigenvalue weighted by molar-refractivity contribution is 6.04. The third kappa shape index (κ3) is 3.83. The fraction of sp³-hybridized carbons (Fsp3) is 0.333. The van der Waals surface area contributed by atoms with Crippen LogP contribution in [0.5, 0.6) is 5.75 Å². The van der Waals surface area contributed by atoms with Gasteiger partial charge in [-0.3, -0.25) is 4.79 Å². The van der Waals surface area contributed by atoms with Crippen molar-refractivity contribution in [3.63, 3.8) is 0 Å². The molecule has 0 bridgehead atoms. The van der Waals surface area contributed by atoms with Gasteiger partial charge in [0.2, 0.25) is 0 Å². The molecule has 2 aromatic rings. The van der Waals surface area contributed by atoms with E-state index in [-0.39, 0.29) is 5.91 Å². The third-order valence-corrected chi connectivity index (χ3v) is 4.19. The van der Waals surface area contributed by atoms with E-state index in [2.05, 4.69) is 27.1 Å². The molecule has 0 aliphatic carbocycles. The Bertz CT molecular complexity index is 694. The Morgan fingerprint density at radius 1 is 1.17 bits per heavy atom. The zero-order valence-electron chi connectivity index (χ0n) is 14.0. The molecule has 6 heteroatoms. The highest BCUT2D eigenvalue weighted by Crippen LogP contribution is 2.18. The lowest BCUT2D eigenvalue weighted by molar-refractivity contribution is 0.102. The first kappa shape index (κ1) is 16.3. The van der Waals surface area contributed by atoms with Crippen LogP contribution in [0.1, 0.15) is 10.4 Å². The number of benzene rings is 1. The van der Waals surface area contributed by atoms with E-state index in [1.807, 2.05) is 18.3 Å². The minimum atomic E-state index is -0.200. The standard InChI is InChI=1S/C18H22N4O2/c1-21-8-10-22(11-9-21)15-6-7-17(19-13-15)20-18(23)14-4-3-5-16(12-14)24-2/h3-7,12-13H,8-11H2,1-2H3,(H,19,20,23). The molecule has 1 saturated heterocycles. The molecule has 0 atom stereocenters. The van der Waals surface area contributed by atoms with Crippen LogP contribution in [0, 0.1) is 0 Å². The van der Waals surface area contributed by atoms with Crippen LogP contribution >= 0.6 is 0 Å². The second kappa shape index (κ2) is 7.31. The first-order valence-electron chi connectivity index (χ1n) is 8.00. The van der Waals surface area contributed by atoms with Crippen molar-refractivity contribution in [1.29, 1.82) is 0 Å². The molecular formula is C18H22N4O2. The van der Waals surface area contributed by atoms with Gasteiger partial charge in [0.05, 0.1) is 19.0 Å². The molecule has 1 aromatic heterocycles. The zero-order valence-corrected chi connectivity index (χ0v) is 14.0. The molecule has 0 saturated carbocycles. The predicted octanol–water partition coefficient (Wildman–Crippen LogP) is 2.09. The maximum atomic E-state index is 12.3. The van der Waals surface area contributed by atoms with Gasteiger partial charge >= 0.3 is 0 Å².